The Morgan fingerprint density at radius 2 is 0.736 bits per heavy atom. The molecule has 0 fully saturated rings. The van der Waals surface area contributed by atoms with Gasteiger partial charge in [0.25, 0.3) is 0 Å². The third-order valence-corrected chi connectivity index (χ3v) is 10.5. The van der Waals surface area contributed by atoms with Crippen molar-refractivity contribution in [3.63, 3.8) is 0 Å². The van der Waals surface area contributed by atoms with Gasteiger partial charge in [0.15, 0.2) is 24.8 Å². The molecule has 0 radical (unpaired) electrons. The maximum absolute atomic E-state index is 13.9. The Morgan fingerprint density at radius 3 is 1.04 bits per heavy atom. The van der Waals surface area contributed by atoms with E-state index in [4.69, 9.17) is 0 Å². The predicted octanol–water partition coefficient (Wildman–Crippen LogP) is 8.87. The van der Waals surface area contributed by atoms with Gasteiger partial charge in [0.05, 0.1) is 10.9 Å². The average Bonchev–Trinajstić information content (AvgIpc) is 3.01. The largest absolute Gasteiger partial charge is 0.743 e. The summed E-state index contributed by atoms with van der Waals surface area (Å²) in [5.74, 6) is -30.6. The molecular formula is C26H14F18O6S3. The molecule has 3 aromatic carbocycles. The van der Waals surface area contributed by atoms with Crippen LogP contribution in [0.4, 0.5) is 79.0 Å². The van der Waals surface area contributed by atoms with Crippen molar-refractivity contribution < 1.29 is 105 Å². The van der Waals surface area contributed by atoms with Crippen LogP contribution in [0, 0.1) is 0 Å². The van der Waals surface area contributed by atoms with Gasteiger partial charge < -0.3 is 8.74 Å². The van der Waals surface area contributed by atoms with E-state index in [1.807, 2.05) is 0 Å². The summed E-state index contributed by atoms with van der Waals surface area (Å²) < 4.78 is 281. The smallest absolute Gasteiger partial charge is 0.460 e. The number of halogens is 18. The molecule has 0 spiro atoms. The molecule has 0 N–H and O–H groups in total. The summed E-state index contributed by atoms with van der Waals surface area (Å²) in [6.07, 6.45) is -14.3. The van der Waals surface area contributed by atoms with Crippen molar-refractivity contribution in [2.75, 3.05) is 0 Å². The highest BCUT2D eigenvalue weighted by Crippen LogP contribution is 2.56. The van der Waals surface area contributed by atoms with Crippen LogP contribution in [0.1, 0.15) is 0 Å². The van der Waals surface area contributed by atoms with Crippen molar-refractivity contribution in [3.8, 4) is 5.75 Å². The van der Waals surface area contributed by atoms with Crippen molar-refractivity contribution >= 4 is 31.1 Å². The molecule has 0 atom stereocenters. The zero-order valence-corrected chi connectivity index (χ0v) is 27.0. The predicted molar refractivity (Wildman–Crippen MR) is 143 cm³/mol. The molecular weight excluding hydrogens is 846 g/mol. The van der Waals surface area contributed by atoms with Gasteiger partial charge in [-0.2, -0.15) is 87.4 Å². The quantitative estimate of drug-likeness (QED) is 0.0827. The van der Waals surface area contributed by atoms with E-state index in [2.05, 4.69) is 4.18 Å². The van der Waals surface area contributed by atoms with Crippen LogP contribution in [-0.2, 0) is 31.1 Å². The molecule has 3 aromatic rings. The number of hydrogen-bond donors (Lipinski definition) is 0. The Labute approximate surface area is 287 Å². The Kier molecular flexibility index (Phi) is 12.5. The van der Waals surface area contributed by atoms with Crippen LogP contribution in [0.2, 0.25) is 0 Å². The maximum Gasteiger partial charge on any atom is 0.460 e. The van der Waals surface area contributed by atoms with E-state index in [1.165, 1.54) is 12.1 Å². The Hall–Kier alpha value is -3.59. The van der Waals surface area contributed by atoms with Crippen LogP contribution in [-0.4, -0.2) is 67.9 Å². The lowest BCUT2D eigenvalue weighted by atomic mass is 10.1. The standard InChI is InChI=1S/C22H14F9O3S2.C4HF9O3S/c23-19(24,21(27,28)29)20(25,26)22(30,31)36(32,33)34-15-11-13-18(14-12-15)35(16-7-3-1-4-8-16)17-9-5-2-6-10-17;5-1(6,3(9,10)11)2(7,8)4(12,13)17(14,15)16/h1-14H;(H,14,15,16)/q+1;/p-1. The summed E-state index contributed by atoms with van der Waals surface area (Å²) in [4.78, 5) is 2.09. The summed E-state index contributed by atoms with van der Waals surface area (Å²) in [5.41, 5.74) is 0. The minimum atomic E-state index is -7.43. The molecule has 0 aromatic heterocycles. The van der Waals surface area contributed by atoms with Crippen LogP contribution < -0.4 is 4.18 Å². The molecule has 53 heavy (non-hydrogen) atoms. The number of rotatable bonds is 11. The van der Waals surface area contributed by atoms with Gasteiger partial charge in [-0.15, -0.1) is 0 Å². The second-order valence-electron chi connectivity index (χ2n) is 9.72. The molecule has 298 valence electrons. The monoisotopic (exact) mass is 860 g/mol. The van der Waals surface area contributed by atoms with E-state index >= 15 is 0 Å². The van der Waals surface area contributed by atoms with Crippen LogP contribution in [0.5, 0.6) is 5.75 Å². The van der Waals surface area contributed by atoms with Crippen LogP contribution >= 0.6 is 0 Å². The number of alkyl halides is 18. The van der Waals surface area contributed by atoms with Crippen molar-refractivity contribution in [2.45, 2.75) is 61.2 Å². The molecule has 0 saturated carbocycles. The second-order valence-corrected chi connectivity index (χ2v) is 14.8. The summed E-state index contributed by atoms with van der Waals surface area (Å²) in [6.45, 7) is 0. The average molecular weight is 861 g/mol. The van der Waals surface area contributed by atoms with Gasteiger partial charge >= 0.3 is 56.7 Å². The zero-order chi connectivity index (χ0) is 41.5. The topological polar surface area (TPSA) is 101 Å². The zero-order valence-electron chi connectivity index (χ0n) is 24.6. The van der Waals surface area contributed by atoms with E-state index in [1.54, 1.807) is 60.7 Å². The summed E-state index contributed by atoms with van der Waals surface area (Å²) >= 11 is 0. The lowest BCUT2D eigenvalue weighted by Gasteiger charge is -2.34. The fourth-order valence-electron chi connectivity index (χ4n) is 3.37. The van der Waals surface area contributed by atoms with Crippen LogP contribution in [0.25, 0.3) is 0 Å². The SMILES string of the molecule is O=S(=O)(Oc1ccc([S+](c2ccccc2)c2ccccc2)cc1)C(F)(F)C(F)(F)C(F)(F)C(F)(F)F.O=S(=O)([O-])C(F)(F)C(F)(F)C(F)(F)C(F)(F)F. The fourth-order valence-corrected chi connectivity index (χ4v) is 6.80. The molecule has 0 bridgehead atoms. The van der Waals surface area contributed by atoms with Gasteiger partial charge in [-0.1, -0.05) is 36.4 Å². The van der Waals surface area contributed by atoms with Gasteiger partial charge in [-0.25, -0.2) is 8.42 Å². The first kappa shape index (κ1) is 45.6. The van der Waals surface area contributed by atoms with E-state index < -0.39 is 83.4 Å². The van der Waals surface area contributed by atoms with Gasteiger partial charge in [-0.05, 0) is 48.5 Å². The molecule has 0 unspecified atom stereocenters. The highest BCUT2D eigenvalue weighted by molar-refractivity contribution is 7.97. The molecule has 0 aliphatic heterocycles. The van der Waals surface area contributed by atoms with E-state index in [-0.39, 0.29) is 0 Å². The maximum atomic E-state index is 13.9. The molecule has 0 saturated heterocycles. The molecule has 6 nitrogen and oxygen atoms in total. The lowest BCUT2D eigenvalue weighted by molar-refractivity contribution is -0.382. The first-order chi connectivity index (χ1) is 23.5. The Bertz CT molecular complexity index is 1880. The minimum absolute atomic E-state index is 0.498. The first-order valence-electron chi connectivity index (χ1n) is 12.8. The van der Waals surface area contributed by atoms with Gasteiger partial charge in [-0.3, -0.25) is 0 Å². The third kappa shape index (κ3) is 8.40. The molecule has 0 aliphatic carbocycles. The normalized spacial score (nSPS) is 14.4. The molecule has 3 rings (SSSR count). The molecule has 0 heterocycles. The summed E-state index contributed by atoms with van der Waals surface area (Å²) in [7, 11) is -15.2. The lowest BCUT2D eigenvalue weighted by Crippen LogP contribution is -2.63. The number of benzene rings is 3. The summed E-state index contributed by atoms with van der Waals surface area (Å²) in [6, 6.07) is 21.7. The van der Waals surface area contributed by atoms with Crippen molar-refractivity contribution in [1.29, 1.82) is 0 Å². The van der Waals surface area contributed by atoms with Crippen molar-refractivity contribution in [1.82, 2.24) is 0 Å². The van der Waals surface area contributed by atoms with Crippen molar-refractivity contribution in [2.24, 2.45) is 0 Å². The second kappa shape index (κ2) is 14.6. The van der Waals surface area contributed by atoms with Gasteiger partial charge in [0.2, 0.25) is 0 Å². The molecule has 0 aliphatic rings. The fraction of sp³-hybridized carbons (Fsp3) is 0.308. The number of hydrogen-bond acceptors (Lipinski definition) is 6. The van der Waals surface area contributed by atoms with E-state index in [0.29, 0.717) is 4.90 Å². The van der Waals surface area contributed by atoms with Gasteiger partial charge in [0.1, 0.15) is 5.75 Å². The highest BCUT2D eigenvalue weighted by atomic mass is 32.2. The Balaban J connectivity index is 0.000000482. The molecule has 27 heteroatoms. The van der Waals surface area contributed by atoms with Crippen LogP contribution in [0.15, 0.2) is 99.6 Å². The van der Waals surface area contributed by atoms with Gasteiger partial charge in [0, 0.05) is 0 Å². The van der Waals surface area contributed by atoms with E-state index in [0.717, 1.165) is 21.9 Å². The highest BCUT2D eigenvalue weighted by Gasteiger charge is 2.86. The first-order valence-corrected chi connectivity index (χ1v) is 16.8. The van der Waals surface area contributed by atoms with Crippen LogP contribution in [0.3, 0.4) is 0 Å². The van der Waals surface area contributed by atoms with Crippen molar-refractivity contribution in [3.05, 3.63) is 84.9 Å². The third-order valence-electron chi connectivity index (χ3n) is 6.08. The van der Waals surface area contributed by atoms with E-state index in [9.17, 15) is 100 Å². The summed E-state index contributed by atoms with van der Waals surface area (Å²) in [5, 5.41) is -14.0. The minimum Gasteiger partial charge on any atom is -0.743 e. The molecule has 0 amide bonds. The Morgan fingerprint density at radius 1 is 0.434 bits per heavy atom.